The molecule has 12 heavy (non-hydrogen) atoms. The summed E-state index contributed by atoms with van der Waals surface area (Å²) in [5.41, 5.74) is 0.190. The fourth-order valence-electron chi connectivity index (χ4n) is 0.923. The van der Waals surface area contributed by atoms with Crippen LogP contribution in [0.3, 0.4) is 0 Å². The Labute approximate surface area is 79.2 Å². The third kappa shape index (κ3) is 2.70. The van der Waals surface area contributed by atoms with Gasteiger partial charge in [0.05, 0.1) is 6.54 Å². The Kier molecular flexibility index (Phi) is 3.04. The molecule has 0 saturated heterocycles. The van der Waals surface area contributed by atoms with Crippen molar-refractivity contribution in [1.29, 1.82) is 0 Å². The molecule has 0 amide bonds. The van der Waals surface area contributed by atoms with Crippen molar-refractivity contribution in [2.75, 3.05) is 6.54 Å². The van der Waals surface area contributed by atoms with Gasteiger partial charge in [-0.05, 0) is 20.3 Å². The Balaban J connectivity index is 2.42. The summed E-state index contributed by atoms with van der Waals surface area (Å²) < 4.78 is 0. The third-order valence-electron chi connectivity index (χ3n) is 2.13. The normalized spacial score (nSPS) is 24.0. The van der Waals surface area contributed by atoms with E-state index in [4.69, 9.17) is 0 Å². The first-order chi connectivity index (χ1) is 5.53. The molecular weight excluding hydrogens is 168 g/mol. The molecule has 1 aliphatic heterocycles. The van der Waals surface area contributed by atoms with Crippen molar-refractivity contribution in [3.63, 3.8) is 0 Å². The van der Waals surface area contributed by atoms with E-state index in [1.807, 2.05) is 11.8 Å². The Bertz CT molecular complexity index is 187. The van der Waals surface area contributed by atoms with Crippen LogP contribution in [0, 0.1) is 0 Å². The van der Waals surface area contributed by atoms with Gasteiger partial charge in [-0.25, -0.2) is 0 Å². The molecule has 0 aromatic carbocycles. The number of nitrogens with one attached hydrogen (secondary N) is 1. The Morgan fingerprint density at radius 2 is 2.33 bits per heavy atom. The van der Waals surface area contributed by atoms with Gasteiger partial charge in [-0.1, -0.05) is 25.6 Å². The van der Waals surface area contributed by atoms with Crippen LogP contribution in [-0.4, -0.2) is 22.5 Å². The number of rotatable bonds is 2. The maximum atomic E-state index is 4.42. The molecule has 70 valence electrons. The van der Waals surface area contributed by atoms with Gasteiger partial charge in [0.1, 0.15) is 0 Å². The average Bonchev–Trinajstić information content (AvgIpc) is 2.35. The quantitative estimate of drug-likeness (QED) is 0.715. The molecule has 0 spiro atoms. The van der Waals surface area contributed by atoms with Crippen molar-refractivity contribution in [2.24, 2.45) is 4.99 Å². The van der Waals surface area contributed by atoms with Crippen molar-refractivity contribution in [3.8, 4) is 0 Å². The van der Waals surface area contributed by atoms with Crippen LogP contribution in [0.25, 0.3) is 0 Å². The number of nitrogens with zero attached hydrogens (tertiary/aromatic N) is 1. The van der Waals surface area contributed by atoms with Crippen LogP contribution in [0.1, 0.15) is 34.1 Å². The van der Waals surface area contributed by atoms with E-state index in [2.05, 4.69) is 38.0 Å². The van der Waals surface area contributed by atoms with E-state index in [0.29, 0.717) is 5.25 Å². The molecule has 3 heteroatoms. The van der Waals surface area contributed by atoms with Crippen molar-refractivity contribution < 1.29 is 0 Å². The lowest BCUT2D eigenvalue weighted by Gasteiger charge is -2.25. The molecule has 1 N–H and O–H groups in total. The highest BCUT2D eigenvalue weighted by Crippen LogP contribution is 2.21. The summed E-state index contributed by atoms with van der Waals surface area (Å²) in [5, 5.41) is 5.22. The molecule has 1 aliphatic rings. The second-order valence-corrected chi connectivity index (χ2v) is 5.36. The zero-order chi connectivity index (χ0) is 9.19. The molecule has 0 aliphatic carbocycles. The van der Waals surface area contributed by atoms with Crippen LogP contribution >= 0.6 is 11.8 Å². The summed E-state index contributed by atoms with van der Waals surface area (Å²) >= 11 is 1.85. The maximum Gasteiger partial charge on any atom is 0.157 e. The minimum absolute atomic E-state index is 0.190. The highest BCUT2D eigenvalue weighted by molar-refractivity contribution is 8.14. The summed E-state index contributed by atoms with van der Waals surface area (Å²) in [7, 11) is 0. The van der Waals surface area contributed by atoms with E-state index in [-0.39, 0.29) is 5.54 Å². The SMILES string of the molecule is CCC(C)(C)NC1=NCC(C)S1. The molecule has 1 atom stereocenters. The van der Waals surface area contributed by atoms with Crippen molar-refractivity contribution in [1.82, 2.24) is 5.32 Å². The first-order valence-electron chi connectivity index (χ1n) is 4.53. The van der Waals surface area contributed by atoms with Gasteiger partial charge in [0, 0.05) is 10.8 Å². The van der Waals surface area contributed by atoms with E-state index >= 15 is 0 Å². The van der Waals surface area contributed by atoms with Crippen LogP contribution < -0.4 is 5.32 Å². The molecule has 0 fully saturated rings. The number of hydrogen-bond acceptors (Lipinski definition) is 3. The summed E-state index contributed by atoms with van der Waals surface area (Å²) in [6.07, 6.45) is 1.13. The number of aliphatic imine (C=N–C) groups is 1. The molecule has 1 rings (SSSR count). The zero-order valence-electron chi connectivity index (χ0n) is 8.35. The largest absolute Gasteiger partial charge is 0.360 e. The van der Waals surface area contributed by atoms with Gasteiger partial charge in [0.15, 0.2) is 5.17 Å². The van der Waals surface area contributed by atoms with Crippen LogP contribution in [0.4, 0.5) is 0 Å². The van der Waals surface area contributed by atoms with Crippen LogP contribution in [-0.2, 0) is 0 Å². The molecule has 0 radical (unpaired) electrons. The predicted octanol–water partition coefficient (Wildman–Crippen LogP) is 2.26. The molecular formula is C9H18N2S. The lowest BCUT2D eigenvalue weighted by atomic mass is 10.0. The molecule has 0 bridgehead atoms. The summed E-state index contributed by atoms with van der Waals surface area (Å²) in [6, 6.07) is 0. The topological polar surface area (TPSA) is 24.4 Å². The van der Waals surface area contributed by atoms with Crippen molar-refractivity contribution in [3.05, 3.63) is 0 Å². The van der Waals surface area contributed by atoms with E-state index in [1.165, 1.54) is 0 Å². The first-order valence-corrected chi connectivity index (χ1v) is 5.41. The second-order valence-electron chi connectivity index (χ2n) is 3.94. The Hall–Kier alpha value is -0.180. The number of amidine groups is 1. The van der Waals surface area contributed by atoms with E-state index < -0.39 is 0 Å². The van der Waals surface area contributed by atoms with Gasteiger partial charge in [-0.15, -0.1) is 0 Å². The first kappa shape index (κ1) is 9.90. The minimum atomic E-state index is 0.190. The second kappa shape index (κ2) is 3.69. The standard InChI is InChI=1S/C9H18N2S/c1-5-9(3,4)11-8-10-6-7(2)12-8/h7H,5-6H2,1-4H3,(H,10,11). The summed E-state index contributed by atoms with van der Waals surface area (Å²) in [6.45, 7) is 9.78. The number of thioether (sulfide) groups is 1. The highest BCUT2D eigenvalue weighted by atomic mass is 32.2. The summed E-state index contributed by atoms with van der Waals surface area (Å²) in [5.74, 6) is 0. The minimum Gasteiger partial charge on any atom is -0.360 e. The Morgan fingerprint density at radius 3 is 2.75 bits per heavy atom. The Morgan fingerprint density at radius 1 is 1.67 bits per heavy atom. The smallest absolute Gasteiger partial charge is 0.157 e. The van der Waals surface area contributed by atoms with Crippen LogP contribution in [0.2, 0.25) is 0 Å². The average molecular weight is 186 g/mol. The molecule has 1 unspecified atom stereocenters. The van der Waals surface area contributed by atoms with Crippen molar-refractivity contribution >= 4 is 16.9 Å². The molecule has 0 aromatic rings. The van der Waals surface area contributed by atoms with E-state index in [0.717, 1.165) is 18.1 Å². The zero-order valence-corrected chi connectivity index (χ0v) is 9.16. The van der Waals surface area contributed by atoms with Crippen LogP contribution in [0.5, 0.6) is 0 Å². The van der Waals surface area contributed by atoms with Gasteiger partial charge in [0.2, 0.25) is 0 Å². The van der Waals surface area contributed by atoms with Crippen LogP contribution in [0.15, 0.2) is 4.99 Å². The van der Waals surface area contributed by atoms with Gasteiger partial charge < -0.3 is 5.32 Å². The monoisotopic (exact) mass is 186 g/mol. The molecule has 1 heterocycles. The number of hydrogen-bond donors (Lipinski definition) is 1. The molecule has 2 nitrogen and oxygen atoms in total. The lowest BCUT2D eigenvalue weighted by molar-refractivity contribution is 0.448. The fraction of sp³-hybridized carbons (Fsp3) is 0.889. The van der Waals surface area contributed by atoms with Crippen molar-refractivity contribution in [2.45, 2.75) is 44.9 Å². The third-order valence-corrected chi connectivity index (χ3v) is 3.14. The molecule has 0 saturated carbocycles. The van der Waals surface area contributed by atoms with Gasteiger partial charge >= 0.3 is 0 Å². The molecule has 0 aromatic heterocycles. The van der Waals surface area contributed by atoms with E-state index in [1.54, 1.807) is 0 Å². The lowest BCUT2D eigenvalue weighted by Crippen LogP contribution is -2.41. The summed E-state index contributed by atoms with van der Waals surface area (Å²) in [4.78, 5) is 4.42. The fourth-order valence-corrected chi connectivity index (χ4v) is 1.94. The van der Waals surface area contributed by atoms with Gasteiger partial charge in [-0.3, -0.25) is 4.99 Å². The van der Waals surface area contributed by atoms with Gasteiger partial charge in [-0.2, -0.15) is 0 Å². The maximum absolute atomic E-state index is 4.42. The van der Waals surface area contributed by atoms with E-state index in [9.17, 15) is 0 Å². The highest BCUT2D eigenvalue weighted by Gasteiger charge is 2.21. The predicted molar refractivity (Wildman–Crippen MR) is 56.9 cm³/mol. The van der Waals surface area contributed by atoms with Gasteiger partial charge in [0.25, 0.3) is 0 Å².